The summed E-state index contributed by atoms with van der Waals surface area (Å²) in [4.78, 5) is 11.7. The van der Waals surface area contributed by atoms with Gasteiger partial charge < -0.3 is 10.1 Å². The minimum absolute atomic E-state index is 0.184. The Balaban J connectivity index is 2.11. The van der Waals surface area contributed by atoms with Gasteiger partial charge in [-0.1, -0.05) is 13.0 Å². The van der Waals surface area contributed by atoms with Crippen LogP contribution in [0.15, 0.2) is 23.1 Å². The lowest BCUT2D eigenvalue weighted by atomic mass is 10.2. The van der Waals surface area contributed by atoms with Gasteiger partial charge in [-0.2, -0.15) is 0 Å². The molecule has 5 nitrogen and oxygen atoms in total. The second kappa shape index (κ2) is 7.50. The monoisotopic (exact) mass is 296 g/mol. The van der Waals surface area contributed by atoms with E-state index in [1.54, 1.807) is 6.07 Å². The first-order valence-corrected chi connectivity index (χ1v) is 7.96. The third-order valence-corrected chi connectivity index (χ3v) is 4.37. The zero-order chi connectivity index (χ0) is 14.4. The molecule has 1 aromatic carbocycles. The average molecular weight is 296 g/mol. The van der Waals surface area contributed by atoms with E-state index in [1.165, 1.54) is 11.8 Å². The maximum atomic E-state index is 11.3. The van der Waals surface area contributed by atoms with E-state index in [1.807, 2.05) is 19.1 Å². The van der Waals surface area contributed by atoms with Gasteiger partial charge in [0.15, 0.2) is 0 Å². The molecule has 1 atom stereocenters. The van der Waals surface area contributed by atoms with Gasteiger partial charge in [0.05, 0.1) is 15.9 Å². The molecule has 0 aliphatic carbocycles. The Morgan fingerprint density at radius 1 is 1.55 bits per heavy atom. The number of hydrogen-bond acceptors (Lipinski definition) is 5. The van der Waals surface area contributed by atoms with E-state index in [-0.39, 0.29) is 16.7 Å². The molecule has 0 aromatic heterocycles. The Kier molecular flexibility index (Phi) is 5.67. The summed E-state index contributed by atoms with van der Waals surface area (Å²) in [5.41, 5.74) is 0.790. The molecule has 1 N–H and O–H groups in total. The van der Waals surface area contributed by atoms with Crippen LogP contribution in [0.4, 0.5) is 11.4 Å². The molecular formula is C14H20N2O3S. The maximum absolute atomic E-state index is 11.3. The van der Waals surface area contributed by atoms with Crippen molar-refractivity contribution in [2.75, 3.05) is 24.2 Å². The molecule has 6 heteroatoms. The van der Waals surface area contributed by atoms with Gasteiger partial charge in [0.1, 0.15) is 5.69 Å². The Hall–Kier alpha value is -1.27. The molecule has 1 aromatic rings. The van der Waals surface area contributed by atoms with E-state index >= 15 is 0 Å². The smallest absolute Gasteiger partial charge is 0.305 e. The van der Waals surface area contributed by atoms with Gasteiger partial charge in [-0.15, -0.1) is 11.8 Å². The predicted molar refractivity (Wildman–Crippen MR) is 81.6 cm³/mol. The van der Waals surface area contributed by atoms with Gasteiger partial charge in [-0.05, 0) is 31.4 Å². The number of rotatable bonds is 7. The minimum Gasteiger partial charge on any atom is -0.379 e. The highest BCUT2D eigenvalue weighted by Crippen LogP contribution is 2.36. The van der Waals surface area contributed by atoms with E-state index < -0.39 is 0 Å². The van der Waals surface area contributed by atoms with Crippen LogP contribution in [0.25, 0.3) is 0 Å². The van der Waals surface area contributed by atoms with Crippen molar-refractivity contribution in [2.24, 2.45) is 0 Å². The Morgan fingerprint density at radius 3 is 3.05 bits per heavy atom. The summed E-state index contributed by atoms with van der Waals surface area (Å²) >= 11 is 1.51. The van der Waals surface area contributed by atoms with Crippen LogP contribution < -0.4 is 5.32 Å². The molecule has 110 valence electrons. The second-order valence-corrected chi connectivity index (χ2v) is 5.84. The summed E-state index contributed by atoms with van der Waals surface area (Å²) in [6.07, 6.45) is 3.30. The first kappa shape index (κ1) is 15.1. The number of hydrogen-bond donors (Lipinski definition) is 1. The van der Waals surface area contributed by atoms with Crippen molar-refractivity contribution in [3.05, 3.63) is 28.3 Å². The van der Waals surface area contributed by atoms with Gasteiger partial charge in [0.2, 0.25) is 0 Å². The van der Waals surface area contributed by atoms with Gasteiger partial charge in [-0.3, -0.25) is 10.1 Å². The second-order valence-electron chi connectivity index (χ2n) is 4.78. The van der Waals surface area contributed by atoms with Crippen LogP contribution in [0.1, 0.15) is 26.2 Å². The highest BCUT2D eigenvalue weighted by atomic mass is 32.2. The fraction of sp³-hybridized carbons (Fsp3) is 0.571. The number of benzene rings is 1. The molecule has 1 aliphatic rings. The number of thioether (sulfide) groups is 1. The van der Waals surface area contributed by atoms with E-state index in [2.05, 4.69) is 5.32 Å². The molecule has 20 heavy (non-hydrogen) atoms. The van der Waals surface area contributed by atoms with Crippen LogP contribution in [0.2, 0.25) is 0 Å². The standard InChI is InChI=1S/C14H20N2O3S/c1-2-8-15-12-6-3-7-13(14(12)16(17)18)20-10-11-5-4-9-19-11/h3,6-7,11,15H,2,4-5,8-10H2,1H3. The average Bonchev–Trinajstić information content (AvgIpc) is 2.95. The zero-order valence-corrected chi connectivity index (χ0v) is 12.4. The summed E-state index contributed by atoms with van der Waals surface area (Å²) in [6, 6.07) is 5.45. The molecule has 1 unspecified atom stereocenters. The van der Waals surface area contributed by atoms with Gasteiger partial charge in [-0.25, -0.2) is 0 Å². The lowest BCUT2D eigenvalue weighted by Crippen LogP contribution is -2.08. The normalized spacial score (nSPS) is 18.1. The minimum atomic E-state index is -0.296. The van der Waals surface area contributed by atoms with E-state index in [4.69, 9.17) is 4.74 Å². The number of ether oxygens (including phenoxy) is 1. The van der Waals surface area contributed by atoms with Crippen molar-refractivity contribution in [1.29, 1.82) is 0 Å². The van der Waals surface area contributed by atoms with Gasteiger partial charge >= 0.3 is 5.69 Å². The number of para-hydroxylation sites is 1. The Labute approximate surface area is 123 Å². The number of nitrogens with zero attached hydrogens (tertiary/aromatic N) is 1. The predicted octanol–water partition coefficient (Wildman–Crippen LogP) is 3.69. The van der Waals surface area contributed by atoms with Crippen LogP contribution in [0.5, 0.6) is 0 Å². The van der Waals surface area contributed by atoms with Gasteiger partial charge in [0.25, 0.3) is 0 Å². The van der Waals surface area contributed by atoms with Crippen molar-refractivity contribution >= 4 is 23.1 Å². The summed E-state index contributed by atoms with van der Waals surface area (Å²) in [5.74, 6) is 0.776. The third-order valence-electron chi connectivity index (χ3n) is 3.20. The Morgan fingerprint density at radius 2 is 2.40 bits per heavy atom. The number of anilines is 1. The van der Waals surface area contributed by atoms with Crippen molar-refractivity contribution in [3.8, 4) is 0 Å². The number of nitro benzene ring substituents is 1. The summed E-state index contributed by atoms with van der Waals surface area (Å²) < 4.78 is 5.56. The molecule has 0 spiro atoms. The molecule has 0 radical (unpaired) electrons. The fourth-order valence-corrected chi connectivity index (χ4v) is 3.31. The molecule has 1 saturated heterocycles. The number of nitrogens with one attached hydrogen (secondary N) is 1. The van der Waals surface area contributed by atoms with Gasteiger partial charge in [0, 0.05) is 18.9 Å². The third kappa shape index (κ3) is 3.86. The number of nitro groups is 1. The van der Waals surface area contributed by atoms with E-state index in [9.17, 15) is 10.1 Å². The van der Waals surface area contributed by atoms with Crippen molar-refractivity contribution in [3.63, 3.8) is 0 Å². The van der Waals surface area contributed by atoms with Crippen LogP contribution in [-0.2, 0) is 4.74 Å². The van der Waals surface area contributed by atoms with Crippen LogP contribution >= 0.6 is 11.8 Å². The largest absolute Gasteiger partial charge is 0.379 e. The van der Waals surface area contributed by atoms with E-state index in [0.29, 0.717) is 10.6 Å². The van der Waals surface area contributed by atoms with Crippen LogP contribution in [0.3, 0.4) is 0 Å². The Bertz CT molecular complexity index is 462. The molecule has 0 bridgehead atoms. The lowest BCUT2D eigenvalue weighted by molar-refractivity contribution is -0.386. The molecule has 1 heterocycles. The first-order valence-electron chi connectivity index (χ1n) is 6.98. The molecular weight excluding hydrogens is 276 g/mol. The lowest BCUT2D eigenvalue weighted by Gasteiger charge is -2.11. The quantitative estimate of drug-likeness (QED) is 0.472. The van der Waals surface area contributed by atoms with Crippen LogP contribution in [-0.4, -0.2) is 29.9 Å². The van der Waals surface area contributed by atoms with Crippen molar-refractivity contribution in [2.45, 2.75) is 37.2 Å². The summed E-state index contributed by atoms with van der Waals surface area (Å²) in [6.45, 7) is 3.58. The molecule has 0 saturated carbocycles. The first-order chi connectivity index (χ1) is 9.72. The molecule has 2 rings (SSSR count). The van der Waals surface area contributed by atoms with E-state index in [0.717, 1.165) is 38.2 Å². The maximum Gasteiger partial charge on any atom is 0.305 e. The summed E-state index contributed by atoms with van der Waals surface area (Å²) in [5, 5.41) is 14.4. The molecule has 1 fully saturated rings. The molecule has 1 aliphatic heterocycles. The highest BCUT2D eigenvalue weighted by Gasteiger charge is 2.22. The summed E-state index contributed by atoms with van der Waals surface area (Å²) in [7, 11) is 0. The molecule has 0 amide bonds. The fourth-order valence-electron chi connectivity index (χ4n) is 2.19. The highest BCUT2D eigenvalue weighted by molar-refractivity contribution is 7.99. The zero-order valence-electron chi connectivity index (χ0n) is 11.6. The van der Waals surface area contributed by atoms with Crippen LogP contribution in [0, 0.1) is 10.1 Å². The topological polar surface area (TPSA) is 64.4 Å². The van der Waals surface area contributed by atoms with Crippen molar-refractivity contribution in [1.82, 2.24) is 0 Å². The van der Waals surface area contributed by atoms with Crippen molar-refractivity contribution < 1.29 is 9.66 Å². The SMILES string of the molecule is CCCNc1cccc(SCC2CCCO2)c1[N+](=O)[O-].